The van der Waals surface area contributed by atoms with Crippen molar-refractivity contribution in [2.75, 3.05) is 19.6 Å². The maximum absolute atomic E-state index is 12.1. The molecule has 106 valence electrons. The Balaban J connectivity index is 1.89. The highest BCUT2D eigenvalue weighted by molar-refractivity contribution is 9.10. The van der Waals surface area contributed by atoms with Gasteiger partial charge in [-0.15, -0.1) is 0 Å². The predicted octanol–water partition coefficient (Wildman–Crippen LogP) is 1.25. The number of pyridine rings is 1. The van der Waals surface area contributed by atoms with Crippen LogP contribution in [0.5, 0.6) is 0 Å². The van der Waals surface area contributed by atoms with Crippen LogP contribution in [0.25, 0.3) is 5.65 Å². The van der Waals surface area contributed by atoms with Crippen molar-refractivity contribution in [3.63, 3.8) is 0 Å². The van der Waals surface area contributed by atoms with Gasteiger partial charge in [0, 0.05) is 49.0 Å². The first-order valence-corrected chi connectivity index (χ1v) is 7.55. The molecule has 5 nitrogen and oxygen atoms in total. The Morgan fingerprint density at radius 1 is 1.50 bits per heavy atom. The number of hydrogen-bond donors (Lipinski definition) is 1. The van der Waals surface area contributed by atoms with Crippen LogP contribution in [0.15, 0.2) is 33.7 Å². The quantitative estimate of drug-likeness (QED) is 0.896. The van der Waals surface area contributed by atoms with Gasteiger partial charge in [-0.3, -0.25) is 14.1 Å². The molecule has 0 aromatic carbocycles. The third-order valence-electron chi connectivity index (χ3n) is 3.52. The number of halogens is 1. The summed E-state index contributed by atoms with van der Waals surface area (Å²) in [6.07, 6.45) is 1.75. The summed E-state index contributed by atoms with van der Waals surface area (Å²) in [5.41, 5.74) is 1.50. The Morgan fingerprint density at radius 3 is 3.15 bits per heavy atom. The Kier molecular flexibility index (Phi) is 3.87. The molecule has 2 aromatic heterocycles. The molecule has 6 heteroatoms. The zero-order valence-electron chi connectivity index (χ0n) is 11.3. The molecule has 3 heterocycles. The van der Waals surface area contributed by atoms with Gasteiger partial charge in [0.2, 0.25) is 0 Å². The van der Waals surface area contributed by atoms with Gasteiger partial charge in [-0.05, 0) is 35.0 Å². The third kappa shape index (κ3) is 2.92. The van der Waals surface area contributed by atoms with Crippen LogP contribution < -0.4 is 10.9 Å². The first-order valence-electron chi connectivity index (χ1n) is 6.75. The molecule has 1 saturated heterocycles. The molecule has 20 heavy (non-hydrogen) atoms. The van der Waals surface area contributed by atoms with Gasteiger partial charge in [0.1, 0.15) is 5.65 Å². The monoisotopic (exact) mass is 336 g/mol. The smallest absolute Gasteiger partial charge is 0.258 e. The van der Waals surface area contributed by atoms with E-state index in [1.807, 2.05) is 12.1 Å². The van der Waals surface area contributed by atoms with E-state index in [1.54, 1.807) is 16.7 Å². The van der Waals surface area contributed by atoms with Crippen molar-refractivity contribution in [3.8, 4) is 0 Å². The highest BCUT2D eigenvalue weighted by Crippen LogP contribution is 2.10. The molecule has 0 amide bonds. The minimum absolute atomic E-state index is 0.0329. The van der Waals surface area contributed by atoms with Gasteiger partial charge in [0.25, 0.3) is 5.56 Å². The lowest BCUT2D eigenvalue weighted by molar-refractivity contribution is 0.197. The summed E-state index contributed by atoms with van der Waals surface area (Å²) in [6.45, 7) is 5.87. The Labute approximate surface area is 125 Å². The van der Waals surface area contributed by atoms with E-state index >= 15 is 0 Å². The molecule has 1 aliphatic rings. The Morgan fingerprint density at radius 2 is 2.35 bits per heavy atom. The lowest BCUT2D eigenvalue weighted by atomic mass is 10.2. The zero-order chi connectivity index (χ0) is 14.1. The summed E-state index contributed by atoms with van der Waals surface area (Å²) in [6, 6.07) is 5.88. The van der Waals surface area contributed by atoms with Crippen LogP contribution in [0.3, 0.4) is 0 Å². The maximum Gasteiger partial charge on any atom is 0.258 e. The Bertz CT molecular complexity index is 684. The molecule has 0 aliphatic carbocycles. The van der Waals surface area contributed by atoms with E-state index in [0.29, 0.717) is 11.7 Å². The Hall–Kier alpha value is -1.24. The summed E-state index contributed by atoms with van der Waals surface area (Å²) < 4.78 is 2.44. The van der Waals surface area contributed by atoms with Crippen LogP contribution >= 0.6 is 15.9 Å². The van der Waals surface area contributed by atoms with E-state index in [9.17, 15) is 4.79 Å². The molecule has 1 atom stereocenters. The average molecular weight is 337 g/mol. The first kappa shape index (κ1) is 13.7. The maximum atomic E-state index is 12.1. The molecule has 0 unspecified atom stereocenters. The second-order valence-electron chi connectivity index (χ2n) is 5.25. The van der Waals surface area contributed by atoms with Crippen LogP contribution in [-0.4, -0.2) is 40.0 Å². The van der Waals surface area contributed by atoms with Gasteiger partial charge in [-0.1, -0.05) is 0 Å². The van der Waals surface area contributed by atoms with Crippen LogP contribution in [0, 0.1) is 0 Å². The van der Waals surface area contributed by atoms with Gasteiger partial charge < -0.3 is 5.32 Å². The molecule has 3 rings (SSSR count). The molecular formula is C14H17BrN4O. The third-order valence-corrected chi connectivity index (χ3v) is 3.98. The molecule has 0 radical (unpaired) electrons. The highest BCUT2D eigenvalue weighted by atomic mass is 79.9. The van der Waals surface area contributed by atoms with E-state index < -0.39 is 0 Å². The van der Waals surface area contributed by atoms with Crippen molar-refractivity contribution in [2.45, 2.75) is 19.5 Å². The topological polar surface area (TPSA) is 49.6 Å². The molecular weight excluding hydrogens is 320 g/mol. The van der Waals surface area contributed by atoms with Crippen molar-refractivity contribution in [2.24, 2.45) is 0 Å². The van der Waals surface area contributed by atoms with Crippen molar-refractivity contribution in [1.82, 2.24) is 19.6 Å². The summed E-state index contributed by atoms with van der Waals surface area (Å²) >= 11 is 3.37. The van der Waals surface area contributed by atoms with Gasteiger partial charge in [0.15, 0.2) is 0 Å². The van der Waals surface area contributed by atoms with Gasteiger partial charge in [-0.25, -0.2) is 4.98 Å². The minimum atomic E-state index is -0.0329. The van der Waals surface area contributed by atoms with Crippen molar-refractivity contribution >= 4 is 21.6 Å². The largest absolute Gasteiger partial charge is 0.312 e. The average Bonchev–Trinajstić information content (AvgIpc) is 2.40. The van der Waals surface area contributed by atoms with Crippen LogP contribution in [0.4, 0.5) is 0 Å². The van der Waals surface area contributed by atoms with Crippen molar-refractivity contribution in [3.05, 3.63) is 44.9 Å². The van der Waals surface area contributed by atoms with E-state index in [-0.39, 0.29) is 5.56 Å². The SMILES string of the molecule is C[C@@H]1CN(Cc2cc(=O)n3cc(Br)ccc3n2)CCN1. The number of piperazine rings is 1. The fraction of sp³-hybridized carbons (Fsp3) is 0.429. The number of aromatic nitrogens is 2. The predicted molar refractivity (Wildman–Crippen MR) is 81.9 cm³/mol. The van der Waals surface area contributed by atoms with Crippen molar-refractivity contribution in [1.29, 1.82) is 0 Å². The number of rotatable bonds is 2. The second kappa shape index (κ2) is 5.63. The fourth-order valence-corrected chi connectivity index (χ4v) is 2.93. The lowest BCUT2D eigenvalue weighted by Crippen LogP contribution is -2.48. The molecule has 1 N–H and O–H groups in total. The summed E-state index contributed by atoms with van der Waals surface area (Å²) in [7, 11) is 0. The number of nitrogens with zero attached hydrogens (tertiary/aromatic N) is 3. The highest BCUT2D eigenvalue weighted by Gasteiger charge is 2.16. The van der Waals surface area contributed by atoms with E-state index in [2.05, 4.69) is 38.1 Å². The first-order chi connectivity index (χ1) is 9.61. The number of hydrogen-bond acceptors (Lipinski definition) is 4. The summed E-state index contributed by atoms with van der Waals surface area (Å²) in [5, 5.41) is 3.41. The van der Waals surface area contributed by atoms with Crippen LogP contribution in [0.1, 0.15) is 12.6 Å². The molecule has 0 spiro atoms. The van der Waals surface area contributed by atoms with Gasteiger partial charge in [-0.2, -0.15) is 0 Å². The summed E-state index contributed by atoms with van der Waals surface area (Å²) in [4.78, 5) is 19.0. The number of fused-ring (bicyclic) bond motifs is 1. The molecule has 1 fully saturated rings. The van der Waals surface area contributed by atoms with Crippen molar-refractivity contribution < 1.29 is 0 Å². The van der Waals surface area contributed by atoms with Gasteiger partial charge >= 0.3 is 0 Å². The molecule has 0 bridgehead atoms. The molecule has 0 saturated carbocycles. The zero-order valence-corrected chi connectivity index (χ0v) is 12.9. The lowest BCUT2D eigenvalue weighted by Gasteiger charge is -2.31. The van der Waals surface area contributed by atoms with Gasteiger partial charge in [0.05, 0.1) is 5.69 Å². The fourth-order valence-electron chi connectivity index (χ4n) is 2.59. The normalized spacial score (nSPS) is 20.4. The van der Waals surface area contributed by atoms with E-state index in [4.69, 9.17) is 0 Å². The standard InChI is InChI=1S/C14H17BrN4O/c1-10-7-18(5-4-16-10)9-12-6-14(20)19-8-11(15)2-3-13(19)17-12/h2-3,6,8,10,16H,4-5,7,9H2,1H3/t10-/m1/s1. The number of nitrogens with one attached hydrogen (secondary N) is 1. The van der Waals surface area contributed by atoms with E-state index in [0.717, 1.165) is 36.3 Å². The molecule has 1 aliphatic heterocycles. The van der Waals surface area contributed by atoms with Crippen LogP contribution in [0.2, 0.25) is 0 Å². The second-order valence-corrected chi connectivity index (χ2v) is 6.17. The summed E-state index contributed by atoms with van der Waals surface area (Å²) in [5.74, 6) is 0. The van der Waals surface area contributed by atoms with Crippen LogP contribution in [-0.2, 0) is 6.54 Å². The van der Waals surface area contributed by atoms with E-state index in [1.165, 1.54) is 0 Å². The minimum Gasteiger partial charge on any atom is -0.312 e. The molecule has 2 aromatic rings.